The zero-order valence-electron chi connectivity index (χ0n) is 19.8. The lowest BCUT2D eigenvalue weighted by atomic mass is 10.1. The first-order valence-electron chi connectivity index (χ1n) is 12.3. The topological polar surface area (TPSA) is 75.1 Å². The Morgan fingerprint density at radius 2 is 1.91 bits per heavy atom. The molecule has 2 aromatic carbocycles. The molecule has 0 atom stereocenters. The van der Waals surface area contributed by atoms with Crippen molar-refractivity contribution in [3.05, 3.63) is 54.1 Å². The number of fused-ring (bicyclic) bond motifs is 2. The first kappa shape index (κ1) is 23.9. The molecule has 0 aliphatic carbocycles. The second-order valence-electron chi connectivity index (χ2n) is 8.87. The number of aromatic nitrogens is 1. The third kappa shape index (κ3) is 5.89. The number of thioether (sulfide) groups is 1. The molecule has 0 bridgehead atoms. The van der Waals surface area contributed by atoms with E-state index in [0.29, 0.717) is 12.1 Å². The molecule has 0 saturated carbocycles. The van der Waals surface area contributed by atoms with Crippen LogP contribution in [0.5, 0.6) is 11.6 Å². The van der Waals surface area contributed by atoms with Gasteiger partial charge in [0, 0.05) is 60.0 Å². The minimum atomic E-state index is -0.728. The molecule has 2 aliphatic rings. The molecular weight excluding hydrogens is 462 g/mol. The van der Waals surface area contributed by atoms with Crippen LogP contribution in [0.4, 0.5) is 5.69 Å². The van der Waals surface area contributed by atoms with E-state index in [1.165, 1.54) is 22.8 Å². The van der Waals surface area contributed by atoms with Crippen LogP contribution >= 0.6 is 11.8 Å². The van der Waals surface area contributed by atoms with Gasteiger partial charge < -0.3 is 19.5 Å². The zero-order valence-corrected chi connectivity index (χ0v) is 20.6. The number of ether oxygens (including phenoxy) is 2. The highest BCUT2D eigenvalue weighted by Gasteiger charge is 2.22. The lowest BCUT2D eigenvalue weighted by Crippen LogP contribution is -2.47. The quantitative estimate of drug-likeness (QED) is 0.357. The molecule has 0 spiro atoms. The van der Waals surface area contributed by atoms with Crippen LogP contribution in [0.15, 0.2) is 53.4 Å². The van der Waals surface area contributed by atoms with E-state index in [4.69, 9.17) is 14.6 Å². The molecule has 184 valence electrons. The molecule has 1 aromatic heterocycles. The third-order valence-corrected chi connectivity index (χ3v) is 7.66. The minimum absolute atomic E-state index is 0.171. The number of aliphatic hydroxyl groups is 1. The van der Waals surface area contributed by atoms with Crippen LogP contribution in [0.2, 0.25) is 0 Å². The molecule has 1 saturated heterocycles. The van der Waals surface area contributed by atoms with Gasteiger partial charge in [-0.1, -0.05) is 6.07 Å². The first-order chi connectivity index (χ1) is 17.2. The standard InChI is InChI=1S/C27H31N3O4S/c31-19-27(32)34-26-9-7-20-6-8-21(18-23(20)28-26)33-16-2-1-11-29-12-14-30(15-13-29)24-4-3-5-25-22(24)10-17-35-25/h3-9,18,31H,1-2,10-17,19H2. The summed E-state index contributed by atoms with van der Waals surface area (Å²) >= 11 is 1.99. The van der Waals surface area contributed by atoms with Crippen molar-refractivity contribution in [2.45, 2.75) is 24.2 Å². The Kier molecular flexibility index (Phi) is 7.71. The Labute approximate surface area is 210 Å². The van der Waals surface area contributed by atoms with Gasteiger partial charge in [0.05, 0.1) is 12.1 Å². The summed E-state index contributed by atoms with van der Waals surface area (Å²) in [5, 5.41) is 9.77. The first-order valence-corrected chi connectivity index (χ1v) is 13.3. The number of rotatable bonds is 9. The number of hydrogen-bond donors (Lipinski definition) is 1. The number of pyridine rings is 1. The van der Waals surface area contributed by atoms with E-state index < -0.39 is 12.6 Å². The molecule has 1 N–H and O–H groups in total. The van der Waals surface area contributed by atoms with E-state index >= 15 is 0 Å². The van der Waals surface area contributed by atoms with E-state index in [2.05, 4.69) is 33.0 Å². The Morgan fingerprint density at radius 1 is 1.06 bits per heavy atom. The molecule has 8 heteroatoms. The summed E-state index contributed by atoms with van der Waals surface area (Å²) < 4.78 is 10.9. The van der Waals surface area contributed by atoms with Crippen molar-refractivity contribution in [1.29, 1.82) is 0 Å². The maximum atomic E-state index is 11.3. The number of aliphatic hydroxyl groups excluding tert-OH is 1. The van der Waals surface area contributed by atoms with E-state index in [1.807, 2.05) is 36.0 Å². The van der Waals surface area contributed by atoms with E-state index in [0.717, 1.165) is 56.7 Å². The van der Waals surface area contributed by atoms with Crippen molar-refractivity contribution in [3.8, 4) is 11.6 Å². The SMILES string of the molecule is O=C(CO)Oc1ccc2ccc(OCCCCN3CCN(c4cccc5c4CCS5)CC3)cc2n1. The molecule has 3 aromatic rings. The summed E-state index contributed by atoms with van der Waals surface area (Å²) in [6.07, 6.45) is 3.29. The zero-order chi connectivity index (χ0) is 24.0. The predicted octanol–water partition coefficient (Wildman–Crippen LogP) is 3.76. The Bertz CT molecular complexity index is 1180. The summed E-state index contributed by atoms with van der Waals surface area (Å²) in [5.74, 6) is 1.40. The number of benzene rings is 2. The third-order valence-electron chi connectivity index (χ3n) is 6.55. The molecule has 1 fully saturated rings. The van der Waals surface area contributed by atoms with Crippen LogP contribution in [0.3, 0.4) is 0 Å². The Morgan fingerprint density at radius 3 is 2.77 bits per heavy atom. The minimum Gasteiger partial charge on any atom is -0.494 e. The number of nitrogens with zero attached hydrogens (tertiary/aromatic N) is 3. The molecule has 35 heavy (non-hydrogen) atoms. The van der Waals surface area contributed by atoms with Gasteiger partial charge in [0.25, 0.3) is 0 Å². The normalized spacial score (nSPS) is 15.9. The van der Waals surface area contributed by atoms with E-state index in [9.17, 15) is 4.79 Å². The fourth-order valence-corrected chi connectivity index (χ4v) is 5.80. The van der Waals surface area contributed by atoms with Gasteiger partial charge in [-0.05, 0) is 61.7 Å². The smallest absolute Gasteiger partial charge is 0.338 e. The van der Waals surface area contributed by atoms with Gasteiger partial charge in [0.2, 0.25) is 5.88 Å². The van der Waals surface area contributed by atoms with Gasteiger partial charge in [-0.25, -0.2) is 9.78 Å². The predicted molar refractivity (Wildman–Crippen MR) is 139 cm³/mol. The van der Waals surface area contributed by atoms with Gasteiger partial charge in [-0.3, -0.25) is 4.90 Å². The molecule has 5 rings (SSSR count). The molecule has 0 unspecified atom stereocenters. The van der Waals surface area contributed by atoms with E-state index in [-0.39, 0.29) is 5.88 Å². The molecular formula is C27H31N3O4S. The average molecular weight is 494 g/mol. The average Bonchev–Trinajstić information content (AvgIpc) is 3.38. The highest BCUT2D eigenvalue weighted by atomic mass is 32.2. The maximum Gasteiger partial charge on any atom is 0.338 e. The van der Waals surface area contributed by atoms with Gasteiger partial charge in [-0.15, -0.1) is 11.8 Å². The number of unbranched alkanes of at least 4 members (excludes halogenated alkanes) is 1. The molecule has 0 radical (unpaired) electrons. The largest absolute Gasteiger partial charge is 0.494 e. The Balaban J connectivity index is 1.04. The summed E-state index contributed by atoms with van der Waals surface area (Å²) in [7, 11) is 0. The maximum absolute atomic E-state index is 11.3. The number of carbonyl (C=O) groups excluding carboxylic acids is 1. The monoisotopic (exact) mass is 493 g/mol. The van der Waals surface area contributed by atoms with Crippen LogP contribution < -0.4 is 14.4 Å². The van der Waals surface area contributed by atoms with Gasteiger partial charge in [0.1, 0.15) is 12.4 Å². The molecule has 0 amide bonds. The second kappa shape index (κ2) is 11.3. The van der Waals surface area contributed by atoms with Crippen LogP contribution in [-0.2, 0) is 11.2 Å². The highest BCUT2D eigenvalue weighted by Crippen LogP contribution is 2.37. The van der Waals surface area contributed by atoms with Crippen LogP contribution in [0.1, 0.15) is 18.4 Å². The van der Waals surface area contributed by atoms with Crippen molar-refractivity contribution in [2.24, 2.45) is 0 Å². The summed E-state index contributed by atoms with van der Waals surface area (Å²) in [4.78, 5) is 22.2. The Hall–Kier alpha value is -2.81. The van der Waals surface area contributed by atoms with Gasteiger partial charge >= 0.3 is 5.97 Å². The van der Waals surface area contributed by atoms with Crippen molar-refractivity contribution >= 4 is 34.3 Å². The van der Waals surface area contributed by atoms with Gasteiger partial charge in [0.15, 0.2) is 0 Å². The number of piperazine rings is 1. The van der Waals surface area contributed by atoms with Crippen LogP contribution in [0, 0.1) is 0 Å². The molecule has 7 nitrogen and oxygen atoms in total. The lowest BCUT2D eigenvalue weighted by molar-refractivity contribution is -0.137. The lowest BCUT2D eigenvalue weighted by Gasteiger charge is -2.37. The van der Waals surface area contributed by atoms with Crippen molar-refractivity contribution in [1.82, 2.24) is 9.88 Å². The van der Waals surface area contributed by atoms with Crippen molar-refractivity contribution < 1.29 is 19.4 Å². The van der Waals surface area contributed by atoms with E-state index in [1.54, 1.807) is 11.6 Å². The fraction of sp³-hybridized carbons (Fsp3) is 0.407. The number of carbonyl (C=O) groups is 1. The molecule has 3 heterocycles. The summed E-state index contributed by atoms with van der Waals surface area (Å²) in [6, 6.07) is 15.9. The number of hydrogen-bond acceptors (Lipinski definition) is 8. The van der Waals surface area contributed by atoms with Crippen molar-refractivity contribution in [3.63, 3.8) is 0 Å². The fourth-order valence-electron chi connectivity index (χ4n) is 4.71. The highest BCUT2D eigenvalue weighted by molar-refractivity contribution is 7.99. The molecule has 2 aliphatic heterocycles. The van der Waals surface area contributed by atoms with Crippen LogP contribution in [-0.4, -0.2) is 72.7 Å². The van der Waals surface area contributed by atoms with Crippen molar-refractivity contribution in [2.75, 3.05) is 56.6 Å². The second-order valence-corrected chi connectivity index (χ2v) is 10.0. The summed E-state index contributed by atoms with van der Waals surface area (Å²) in [6.45, 7) is 5.48. The number of esters is 1. The summed E-state index contributed by atoms with van der Waals surface area (Å²) in [5.41, 5.74) is 3.68. The van der Waals surface area contributed by atoms with Gasteiger partial charge in [-0.2, -0.15) is 0 Å². The number of anilines is 1. The van der Waals surface area contributed by atoms with Crippen LogP contribution in [0.25, 0.3) is 10.9 Å².